The third-order valence-corrected chi connectivity index (χ3v) is 2.57. The Morgan fingerprint density at radius 3 is 3.07 bits per heavy atom. The van der Waals surface area contributed by atoms with Gasteiger partial charge in [0.15, 0.2) is 5.78 Å². The van der Waals surface area contributed by atoms with E-state index in [-0.39, 0.29) is 5.78 Å². The van der Waals surface area contributed by atoms with Crippen LogP contribution < -0.4 is 0 Å². The van der Waals surface area contributed by atoms with E-state index in [0.717, 1.165) is 5.01 Å². The molecule has 0 saturated heterocycles. The Morgan fingerprint density at radius 2 is 2.50 bits per heavy atom. The molecular formula is C9H9N3OS. The predicted octanol–water partition coefficient (Wildman–Crippen LogP) is 1.30. The molecule has 0 aliphatic rings. The summed E-state index contributed by atoms with van der Waals surface area (Å²) in [4.78, 5) is 15.7. The highest BCUT2D eigenvalue weighted by Gasteiger charge is 2.10. The van der Waals surface area contributed by atoms with Crippen LogP contribution in [0.4, 0.5) is 0 Å². The maximum atomic E-state index is 11.6. The van der Waals surface area contributed by atoms with Gasteiger partial charge in [0.1, 0.15) is 10.7 Å². The van der Waals surface area contributed by atoms with E-state index in [9.17, 15) is 4.79 Å². The molecule has 0 radical (unpaired) electrons. The van der Waals surface area contributed by atoms with Crippen molar-refractivity contribution in [3.05, 3.63) is 34.5 Å². The summed E-state index contributed by atoms with van der Waals surface area (Å²) < 4.78 is 1.62. The Morgan fingerprint density at radius 1 is 1.64 bits per heavy atom. The zero-order valence-corrected chi connectivity index (χ0v) is 8.49. The highest BCUT2D eigenvalue weighted by Crippen LogP contribution is 2.08. The number of rotatable bonds is 3. The fraction of sp³-hybridized carbons (Fsp3) is 0.222. The molecular weight excluding hydrogens is 198 g/mol. The van der Waals surface area contributed by atoms with Crippen LogP contribution >= 0.6 is 11.3 Å². The van der Waals surface area contributed by atoms with E-state index in [2.05, 4.69) is 10.1 Å². The van der Waals surface area contributed by atoms with Gasteiger partial charge < -0.3 is 0 Å². The van der Waals surface area contributed by atoms with Crippen molar-refractivity contribution < 1.29 is 4.79 Å². The first-order chi connectivity index (χ1) is 6.75. The van der Waals surface area contributed by atoms with E-state index in [1.807, 2.05) is 5.38 Å². The van der Waals surface area contributed by atoms with Gasteiger partial charge in [-0.3, -0.25) is 9.48 Å². The Bertz CT molecular complexity index is 433. The summed E-state index contributed by atoms with van der Waals surface area (Å²) in [7, 11) is 1.79. The highest BCUT2D eigenvalue weighted by molar-refractivity contribution is 7.09. The SMILES string of the molecule is Cn1ccc(C(=O)Cc2nccs2)n1. The lowest BCUT2D eigenvalue weighted by molar-refractivity contribution is 0.0987. The third kappa shape index (κ3) is 1.88. The number of nitrogens with zero attached hydrogens (tertiary/aromatic N) is 3. The molecule has 0 aliphatic carbocycles. The second-order valence-corrected chi connectivity index (χ2v) is 3.88. The summed E-state index contributed by atoms with van der Waals surface area (Å²) >= 11 is 1.49. The average Bonchev–Trinajstić information content (AvgIpc) is 2.75. The largest absolute Gasteiger partial charge is 0.292 e. The molecule has 0 aromatic carbocycles. The first-order valence-corrected chi connectivity index (χ1v) is 5.05. The molecule has 72 valence electrons. The van der Waals surface area contributed by atoms with Crippen LogP contribution in [-0.4, -0.2) is 20.5 Å². The van der Waals surface area contributed by atoms with E-state index in [0.29, 0.717) is 12.1 Å². The molecule has 2 heterocycles. The summed E-state index contributed by atoms with van der Waals surface area (Å²) in [5.74, 6) is 0.0144. The molecule has 0 N–H and O–H groups in total. The fourth-order valence-electron chi connectivity index (χ4n) is 1.13. The molecule has 4 nitrogen and oxygen atoms in total. The van der Waals surface area contributed by atoms with Crippen molar-refractivity contribution in [1.29, 1.82) is 0 Å². The molecule has 0 unspecified atom stereocenters. The second-order valence-electron chi connectivity index (χ2n) is 2.90. The van der Waals surface area contributed by atoms with Gasteiger partial charge in [0, 0.05) is 24.8 Å². The zero-order valence-electron chi connectivity index (χ0n) is 7.67. The van der Waals surface area contributed by atoms with E-state index >= 15 is 0 Å². The number of hydrogen-bond acceptors (Lipinski definition) is 4. The van der Waals surface area contributed by atoms with Crippen LogP contribution in [0.3, 0.4) is 0 Å². The zero-order chi connectivity index (χ0) is 9.97. The summed E-state index contributed by atoms with van der Waals surface area (Å²) in [6.45, 7) is 0. The fourth-order valence-corrected chi connectivity index (χ4v) is 1.75. The lowest BCUT2D eigenvalue weighted by Crippen LogP contribution is -2.04. The van der Waals surface area contributed by atoms with E-state index in [4.69, 9.17) is 0 Å². The maximum Gasteiger partial charge on any atom is 0.189 e. The van der Waals surface area contributed by atoms with Crippen LogP contribution in [0.15, 0.2) is 23.8 Å². The molecule has 0 spiro atoms. The average molecular weight is 207 g/mol. The van der Waals surface area contributed by atoms with Gasteiger partial charge >= 0.3 is 0 Å². The lowest BCUT2D eigenvalue weighted by atomic mass is 10.2. The predicted molar refractivity (Wildman–Crippen MR) is 53.4 cm³/mol. The molecule has 5 heteroatoms. The van der Waals surface area contributed by atoms with Crippen LogP contribution in [0.1, 0.15) is 15.5 Å². The van der Waals surface area contributed by atoms with Crippen LogP contribution in [-0.2, 0) is 13.5 Å². The maximum absolute atomic E-state index is 11.6. The highest BCUT2D eigenvalue weighted by atomic mass is 32.1. The van der Waals surface area contributed by atoms with Gasteiger partial charge in [0.05, 0.1) is 6.42 Å². The van der Waals surface area contributed by atoms with Crippen molar-refractivity contribution in [2.45, 2.75) is 6.42 Å². The first kappa shape index (κ1) is 9.08. The Hall–Kier alpha value is -1.49. The van der Waals surface area contributed by atoms with Crippen molar-refractivity contribution >= 4 is 17.1 Å². The number of aromatic nitrogens is 3. The third-order valence-electron chi connectivity index (χ3n) is 1.79. The number of hydrogen-bond donors (Lipinski definition) is 0. The molecule has 2 aromatic heterocycles. The van der Waals surface area contributed by atoms with Gasteiger partial charge in [-0.2, -0.15) is 5.10 Å². The number of ketones is 1. The number of Topliss-reactive ketones (excluding diaryl/α,β-unsaturated/α-hetero) is 1. The number of carbonyl (C=O) groups is 1. The molecule has 0 saturated carbocycles. The second kappa shape index (κ2) is 3.71. The van der Waals surface area contributed by atoms with Gasteiger partial charge in [-0.05, 0) is 6.07 Å². The van der Waals surface area contributed by atoms with Crippen molar-refractivity contribution in [1.82, 2.24) is 14.8 Å². The first-order valence-electron chi connectivity index (χ1n) is 4.17. The van der Waals surface area contributed by atoms with E-state index < -0.39 is 0 Å². The Balaban J connectivity index is 2.10. The minimum atomic E-state index is 0.0144. The van der Waals surface area contributed by atoms with Gasteiger partial charge in [-0.1, -0.05) is 0 Å². The molecule has 0 bridgehead atoms. The lowest BCUT2D eigenvalue weighted by Gasteiger charge is -1.92. The van der Waals surface area contributed by atoms with Gasteiger partial charge in [0.25, 0.3) is 0 Å². The normalized spacial score (nSPS) is 10.4. The van der Waals surface area contributed by atoms with Crippen LogP contribution in [0.2, 0.25) is 0 Å². The molecule has 2 rings (SSSR count). The van der Waals surface area contributed by atoms with E-state index in [1.165, 1.54) is 11.3 Å². The molecule has 0 atom stereocenters. The number of carbonyl (C=O) groups excluding carboxylic acids is 1. The van der Waals surface area contributed by atoms with Crippen molar-refractivity contribution in [3.8, 4) is 0 Å². The number of aryl methyl sites for hydroxylation is 1. The number of thiazole rings is 1. The summed E-state index contributed by atoms with van der Waals surface area (Å²) in [6, 6.07) is 1.72. The smallest absolute Gasteiger partial charge is 0.189 e. The van der Waals surface area contributed by atoms with Crippen LogP contribution in [0.25, 0.3) is 0 Å². The van der Waals surface area contributed by atoms with Crippen molar-refractivity contribution in [3.63, 3.8) is 0 Å². The molecule has 0 fully saturated rings. The van der Waals surface area contributed by atoms with Crippen molar-refractivity contribution in [2.75, 3.05) is 0 Å². The molecule has 14 heavy (non-hydrogen) atoms. The molecule has 0 amide bonds. The van der Waals surface area contributed by atoms with Gasteiger partial charge in [-0.15, -0.1) is 11.3 Å². The Kier molecular flexibility index (Phi) is 2.41. The van der Waals surface area contributed by atoms with Crippen LogP contribution in [0, 0.1) is 0 Å². The topological polar surface area (TPSA) is 47.8 Å². The summed E-state index contributed by atoms with van der Waals surface area (Å²) in [5, 5.41) is 6.73. The standard InChI is InChI=1S/C9H9N3OS/c1-12-4-2-7(11-12)8(13)6-9-10-3-5-14-9/h2-5H,6H2,1H3. The summed E-state index contributed by atoms with van der Waals surface area (Å²) in [5.41, 5.74) is 0.502. The minimum absolute atomic E-state index is 0.0144. The quantitative estimate of drug-likeness (QED) is 0.713. The van der Waals surface area contributed by atoms with Crippen molar-refractivity contribution in [2.24, 2.45) is 7.05 Å². The van der Waals surface area contributed by atoms with Gasteiger partial charge in [0.2, 0.25) is 0 Å². The summed E-state index contributed by atoms with van der Waals surface area (Å²) in [6.07, 6.45) is 3.80. The van der Waals surface area contributed by atoms with Gasteiger partial charge in [-0.25, -0.2) is 4.98 Å². The minimum Gasteiger partial charge on any atom is -0.292 e. The molecule has 0 aliphatic heterocycles. The monoisotopic (exact) mass is 207 g/mol. The van der Waals surface area contributed by atoms with E-state index in [1.54, 1.807) is 30.2 Å². The van der Waals surface area contributed by atoms with Crippen LogP contribution in [0.5, 0.6) is 0 Å². The molecule has 2 aromatic rings. The Labute approximate surface area is 85.2 Å².